The van der Waals surface area contributed by atoms with E-state index in [0.29, 0.717) is 11.9 Å². The fourth-order valence-corrected chi connectivity index (χ4v) is 3.28. The molecule has 1 amide bonds. The molecule has 92 valence electrons. The third-order valence-corrected chi connectivity index (χ3v) is 4.15. The molecule has 2 unspecified atom stereocenters. The fraction of sp³-hybridized carbons (Fsp3) is 0.923. The maximum absolute atomic E-state index is 12.1. The molecule has 2 atom stereocenters. The first kappa shape index (κ1) is 11.9. The summed E-state index contributed by atoms with van der Waals surface area (Å²) in [5.41, 5.74) is 0. The zero-order chi connectivity index (χ0) is 11.4. The Kier molecular flexibility index (Phi) is 4.22. The van der Waals surface area contributed by atoms with Crippen LogP contribution in [0.25, 0.3) is 0 Å². The van der Waals surface area contributed by atoms with E-state index in [9.17, 15) is 4.79 Å². The Bertz CT molecular complexity index is 242. The number of rotatable bonds is 4. The highest BCUT2D eigenvalue weighted by Crippen LogP contribution is 2.36. The molecule has 3 nitrogen and oxygen atoms in total. The van der Waals surface area contributed by atoms with Crippen molar-refractivity contribution in [2.45, 2.75) is 51.0 Å². The van der Waals surface area contributed by atoms with Crippen LogP contribution in [0.4, 0.5) is 0 Å². The normalized spacial score (nSPS) is 29.2. The van der Waals surface area contributed by atoms with Gasteiger partial charge >= 0.3 is 0 Å². The van der Waals surface area contributed by atoms with Gasteiger partial charge in [0.2, 0.25) is 5.91 Å². The molecule has 0 aromatic carbocycles. The van der Waals surface area contributed by atoms with Gasteiger partial charge in [-0.3, -0.25) is 4.79 Å². The Hall–Kier alpha value is -0.570. The summed E-state index contributed by atoms with van der Waals surface area (Å²) in [6, 6.07) is 0.593. The summed E-state index contributed by atoms with van der Waals surface area (Å²) in [6.45, 7) is 1.97. The molecule has 0 aromatic rings. The maximum Gasteiger partial charge on any atom is 0.222 e. The van der Waals surface area contributed by atoms with Crippen LogP contribution in [0.3, 0.4) is 0 Å². The van der Waals surface area contributed by atoms with Gasteiger partial charge in [0.25, 0.3) is 0 Å². The van der Waals surface area contributed by atoms with Crippen molar-refractivity contribution >= 4 is 5.91 Å². The first-order valence-corrected chi connectivity index (χ1v) is 6.77. The highest BCUT2D eigenvalue weighted by atomic mass is 16.2. The molecule has 2 aliphatic rings. The third kappa shape index (κ3) is 2.57. The van der Waals surface area contributed by atoms with Crippen molar-refractivity contribution in [1.82, 2.24) is 10.2 Å². The highest BCUT2D eigenvalue weighted by molar-refractivity contribution is 5.76. The van der Waals surface area contributed by atoms with E-state index in [4.69, 9.17) is 0 Å². The van der Waals surface area contributed by atoms with Crippen molar-refractivity contribution in [3.05, 3.63) is 0 Å². The van der Waals surface area contributed by atoms with Crippen LogP contribution >= 0.6 is 0 Å². The van der Waals surface area contributed by atoms with Gasteiger partial charge in [-0.25, -0.2) is 0 Å². The Balaban J connectivity index is 1.82. The molecule has 3 heteroatoms. The average Bonchev–Trinajstić information content (AvgIpc) is 2.73. The predicted molar refractivity (Wildman–Crippen MR) is 65.2 cm³/mol. The number of amides is 1. The number of hydrogen-bond donors (Lipinski definition) is 1. The van der Waals surface area contributed by atoms with Gasteiger partial charge in [-0.05, 0) is 45.2 Å². The molecule has 1 aliphatic carbocycles. The summed E-state index contributed by atoms with van der Waals surface area (Å²) < 4.78 is 0. The predicted octanol–water partition coefficient (Wildman–Crippen LogP) is 1.78. The Labute approximate surface area is 98.6 Å². The van der Waals surface area contributed by atoms with E-state index in [1.165, 1.54) is 32.1 Å². The molecule has 1 saturated carbocycles. The van der Waals surface area contributed by atoms with E-state index in [0.717, 1.165) is 31.8 Å². The SMILES string of the molecule is CNCCCC(=O)N1CCC2CCCCC21. The van der Waals surface area contributed by atoms with Gasteiger partial charge in [-0.2, -0.15) is 0 Å². The molecule has 0 radical (unpaired) electrons. The number of carbonyl (C=O) groups is 1. The molecule has 1 saturated heterocycles. The maximum atomic E-state index is 12.1. The van der Waals surface area contributed by atoms with Gasteiger partial charge in [0.1, 0.15) is 0 Å². The van der Waals surface area contributed by atoms with Gasteiger partial charge in [0.15, 0.2) is 0 Å². The number of likely N-dealkylation sites (tertiary alicyclic amines) is 1. The van der Waals surface area contributed by atoms with Crippen LogP contribution in [-0.4, -0.2) is 37.0 Å². The van der Waals surface area contributed by atoms with Gasteiger partial charge in [-0.15, -0.1) is 0 Å². The van der Waals surface area contributed by atoms with Gasteiger partial charge in [-0.1, -0.05) is 12.8 Å². The lowest BCUT2D eigenvalue weighted by Crippen LogP contribution is -2.39. The summed E-state index contributed by atoms with van der Waals surface area (Å²) in [5.74, 6) is 1.21. The van der Waals surface area contributed by atoms with Crippen molar-refractivity contribution in [1.29, 1.82) is 0 Å². The smallest absolute Gasteiger partial charge is 0.222 e. The summed E-state index contributed by atoms with van der Waals surface area (Å²) in [4.78, 5) is 14.3. The van der Waals surface area contributed by atoms with Crippen LogP contribution in [-0.2, 0) is 4.79 Å². The minimum absolute atomic E-state index is 0.393. The Morgan fingerprint density at radius 3 is 2.94 bits per heavy atom. The Morgan fingerprint density at radius 1 is 1.31 bits per heavy atom. The second-order valence-electron chi connectivity index (χ2n) is 5.19. The van der Waals surface area contributed by atoms with Crippen LogP contribution in [0.5, 0.6) is 0 Å². The molecule has 16 heavy (non-hydrogen) atoms. The molecule has 1 aliphatic heterocycles. The first-order valence-electron chi connectivity index (χ1n) is 6.77. The molecule has 2 rings (SSSR count). The lowest BCUT2D eigenvalue weighted by atomic mass is 9.85. The molecule has 0 spiro atoms. The van der Waals surface area contributed by atoms with Crippen molar-refractivity contribution in [3.8, 4) is 0 Å². The molecule has 2 fully saturated rings. The van der Waals surface area contributed by atoms with Gasteiger partial charge < -0.3 is 10.2 Å². The number of nitrogens with one attached hydrogen (secondary N) is 1. The molecular formula is C13H24N2O. The minimum atomic E-state index is 0.393. The van der Waals surface area contributed by atoms with Crippen LogP contribution in [0.2, 0.25) is 0 Å². The molecule has 0 aromatic heterocycles. The second kappa shape index (κ2) is 5.67. The van der Waals surface area contributed by atoms with Crippen LogP contribution < -0.4 is 5.32 Å². The Morgan fingerprint density at radius 2 is 2.12 bits per heavy atom. The van der Waals surface area contributed by atoms with Crippen molar-refractivity contribution in [3.63, 3.8) is 0 Å². The van der Waals surface area contributed by atoms with E-state index in [-0.39, 0.29) is 0 Å². The molecule has 1 N–H and O–H groups in total. The zero-order valence-corrected chi connectivity index (χ0v) is 10.4. The van der Waals surface area contributed by atoms with E-state index in [1.807, 2.05) is 7.05 Å². The lowest BCUT2D eigenvalue weighted by molar-refractivity contribution is -0.132. The van der Waals surface area contributed by atoms with Crippen LogP contribution in [0.15, 0.2) is 0 Å². The molecule has 0 bridgehead atoms. The minimum Gasteiger partial charge on any atom is -0.339 e. The quantitative estimate of drug-likeness (QED) is 0.738. The monoisotopic (exact) mass is 224 g/mol. The first-order chi connectivity index (χ1) is 7.83. The lowest BCUT2D eigenvalue weighted by Gasteiger charge is -2.31. The molecule has 1 heterocycles. The highest BCUT2D eigenvalue weighted by Gasteiger charge is 2.37. The van der Waals surface area contributed by atoms with Gasteiger partial charge in [0, 0.05) is 19.0 Å². The van der Waals surface area contributed by atoms with Crippen molar-refractivity contribution in [2.75, 3.05) is 20.1 Å². The fourth-order valence-electron chi connectivity index (χ4n) is 3.28. The largest absolute Gasteiger partial charge is 0.339 e. The number of hydrogen-bond acceptors (Lipinski definition) is 2. The van der Waals surface area contributed by atoms with E-state index < -0.39 is 0 Å². The topological polar surface area (TPSA) is 32.3 Å². The van der Waals surface area contributed by atoms with E-state index in [2.05, 4.69) is 10.2 Å². The number of nitrogens with zero attached hydrogens (tertiary/aromatic N) is 1. The summed E-state index contributed by atoms with van der Waals surface area (Å²) >= 11 is 0. The summed E-state index contributed by atoms with van der Waals surface area (Å²) in [7, 11) is 1.94. The third-order valence-electron chi connectivity index (χ3n) is 4.15. The zero-order valence-electron chi connectivity index (χ0n) is 10.4. The van der Waals surface area contributed by atoms with Crippen molar-refractivity contribution < 1.29 is 4.79 Å². The van der Waals surface area contributed by atoms with Crippen LogP contribution in [0.1, 0.15) is 44.9 Å². The van der Waals surface area contributed by atoms with Crippen molar-refractivity contribution in [2.24, 2.45) is 5.92 Å². The summed E-state index contributed by atoms with van der Waals surface area (Å²) in [5, 5.41) is 3.10. The van der Waals surface area contributed by atoms with E-state index >= 15 is 0 Å². The average molecular weight is 224 g/mol. The number of carbonyl (C=O) groups excluding carboxylic acids is 1. The molecular weight excluding hydrogens is 200 g/mol. The standard InChI is InChI=1S/C13H24N2O/c1-14-9-4-7-13(16)15-10-8-11-5-2-3-6-12(11)15/h11-12,14H,2-10H2,1H3. The van der Waals surface area contributed by atoms with Crippen LogP contribution in [0, 0.1) is 5.92 Å². The number of fused-ring (bicyclic) bond motifs is 1. The van der Waals surface area contributed by atoms with E-state index in [1.54, 1.807) is 0 Å². The van der Waals surface area contributed by atoms with Gasteiger partial charge in [0.05, 0.1) is 0 Å². The second-order valence-corrected chi connectivity index (χ2v) is 5.19. The summed E-state index contributed by atoms with van der Waals surface area (Å²) in [6.07, 6.45) is 8.26.